The van der Waals surface area contributed by atoms with Crippen molar-refractivity contribution in [3.05, 3.63) is 54.6 Å². The minimum absolute atomic E-state index is 0.348. The van der Waals surface area contributed by atoms with Gasteiger partial charge in [0.25, 0.3) is 0 Å². The number of phosphoric ester groups is 1. The molecule has 0 atom stereocenters. The zero-order chi connectivity index (χ0) is 29.7. The van der Waals surface area contributed by atoms with Gasteiger partial charge in [-0.3, -0.25) is 0 Å². The van der Waals surface area contributed by atoms with Crippen molar-refractivity contribution in [3.63, 3.8) is 0 Å². The van der Waals surface area contributed by atoms with E-state index in [1.165, 1.54) is 0 Å². The zero-order valence-corrected chi connectivity index (χ0v) is 25.9. The summed E-state index contributed by atoms with van der Waals surface area (Å²) in [6, 6.07) is 16.6. The van der Waals surface area contributed by atoms with E-state index >= 15 is 0 Å². The zero-order valence-electron chi connectivity index (χ0n) is 25.0. The van der Waals surface area contributed by atoms with Crippen molar-refractivity contribution in [3.8, 4) is 17.2 Å². The van der Waals surface area contributed by atoms with Crippen LogP contribution in [-0.2, 0) is 4.57 Å². The van der Waals surface area contributed by atoms with E-state index in [2.05, 4.69) is 31.9 Å². The molecule has 0 aliphatic carbocycles. The molecule has 0 radical (unpaired) electrons. The number of phosphoric acid groups is 1. The molecule has 0 fully saturated rings. The van der Waals surface area contributed by atoms with Gasteiger partial charge in [0.05, 0.1) is 17.1 Å². The van der Waals surface area contributed by atoms with Crippen molar-refractivity contribution >= 4 is 41.9 Å². The van der Waals surface area contributed by atoms with Crippen molar-refractivity contribution in [2.45, 2.75) is 41.5 Å². The standard InChI is InChI=1S/C30H45N6O4P/c1-7-31-22-13-16-28(25(19-22)34-10-4)38-41(37,39-29-17-14-23(32-8-2)20-26(29)35-11-5)40-30-18-15-24(33-9-3)21-27(30)36-12-6/h13-21,31-36H,7-12H2,1-6H3. The first-order valence-electron chi connectivity index (χ1n) is 14.4. The molecule has 41 heavy (non-hydrogen) atoms. The SMILES string of the molecule is CCNc1ccc(OP(=O)(Oc2ccc(NCC)cc2NCC)Oc2ccc(NCC)cc2NCC)c(NCC)c1. The first-order valence-corrected chi connectivity index (χ1v) is 15.9. The maximum absolute atomic E-state index is 14.6. The second kappa shape index (κ2) is 15.8. The van der Waals surface area contributed by atoms with Gasteiger partial charge in [0, 0.05) is 56.3 Å². The summed E-state index contributed by atoms with van der Waals surface area (Å²) in [5.41, 5.74) is 4.74. The van der Waals surface area contributed by atoms with Crippen molar-refractivity contribution in [2.24, 2.45) is 0 Å². The van der Waals surface area contributed by atoms with Crippen LogP contribution in [0.15, 0.2) is 54.6 Å². The Balaban J connectivity index is 2.08. The maximum atomic E-state index is 14.6. The molecular formula is C30H45N6O4P. The van der Waals surface area contributed by atoms with Crippen LogP contribution in [-0.4, -0.2) is 39.3 Å². The van der Waals surface area contributed by atoms with E-state index in [1.807, 2.05) is 77.9 Å². The number of benzene rings is 3. The average Bonchev–Trinajstić information content (AvgIpc) is 2.94. The van der Waals surface area contributed by atoms with Gasteiger partial charge in [-0.25, -0.2) is 0 Å². The summed E-state index contributed by atoms with van der Waals surface area (Å²) in [6.45, 7) is 16.3. The Hall–Kier alpha value is -3.91. The Labute approximate surface area is 244 Å². The summed E-state index contributed by atoms with van der Waals surface area (Å²) in [4.78, 5) is 0. The molecule has 0 aromatic heterocycles. The minimum Gasteiger partial charge on any atom is -0.385 e. The van der Waals surface area contributed by atoms with Crippen LogP contribution in [0.2, 0.25) is 0 Å². The fourth-order valence-electron chi connectivity index (χ4n) is 4.17. The van der Waals surface area contributed by atoms with Crippen LogP contribution >= 0.6 is 7.82 Å². The molecular weight excluding hydrogens is 539 g/mol. The van der Waals surface area contributed by atoms with Crippen LogP contribution in [0.25, 0.3) is 0 Å². The van der Waals surface area contributed by atoms with Crippen LogP contribution in [0, 0.1) is 0 Å². The number of hydrogen-bond donors (Lipinski definition) is 6. The highest BCUT2D eigenvalue weighted by Gasteiger charge is 2.36. The molecule has 0 saturated carbocycles. The molecule has 0 aliphatic rings. The molecule has 3 aromatic carbocycles. The molecule has 11 heteroatoms. The monoisotopic (exact) mass is 584 g/mol. The lowest BCUT2D eigenvalue weighted by Gasteiger charge is -2.24. The summed E-state index contributed by atoms with van der Waals surface area (Å²) in [5, 5.41) is 19.8. The van der Waals surface area contributed by atoms with Crippen LogP contribution in [0.4, 0.5) is 34.1 Å². The third kappa shape index (κ3) is 9.05. The van der Waals surface area contributed by atoms with E-state index in [9.17, 15) is 4.57 Å². The van der Waals surface area contributed by atoms with Crippen LogP contribution in [0.3, 0.4) is 0 Å². The first kappa shape index (κ1) is 31.6. The predicted molar refractivity (Wildman–Crippen MR) is 174 cm³/mol. The van der Waals surface area contributed by atoms with Gasteiger partial charge in [-0.1, -0.05) is 0 Å². The van der Waals surface area contributed by atoms with E-state index in [4.69, 9.17) is 13.6 Å². The lowest BCUT2D eigenvalue weighted by Crippen LogP contribution is -2.12. The van der Waals surface area contributed by atoms with E-state index in [0.717, 1.165) is 36.7 Å². The van der Waals surface area contributed by atoms with E-state index < -0.39 is 7.82 Å². The summed E-state index contributed by atoms with van der Waals surface area (Å²) >= 11 is 0. The number of rotatable bonds is 18. The molecule has 3 rings (SSSR count). The van der Waals surface area contributed by atoms with Gasteiger partial charge in [0.15, 0.2) is 17.2 Å². The molecule has 0 unspecified atom stereocenters. The molecule has 10 nitrogen and oxygen atoms in total. The fraction of sp³-hybridized carbons (Fsp3) is 0.400. The Morgan fingerprint density at radius 1 is 0.463 bits per heavy atom. The van der Waals surface area contributed by atoms with Gasteiger partial charge >= 0.3 is 7.82 Å². The van der Waals surface area contributed by atoms with Gasteiger partial charge < -0.3 is 45.5 Å². The molecule has 0 saturated heterocycles. The Kier molecular flexibility index (Phi) is 12.2. The third-order valence-electron chi connectivity index (χ3n) is 5.81. The predicted octanol–water partition coefficient (Wildman–Crippen LogP) is 7.92. The van der Waals surface area contributed by atoms with Gasteiger partial charge in [-0.2, -0.15) is 4.57 Å². The summed E-state index contributed by atoms with van der Waals surface area (Å²) in [7, 11) is -4.31. The van der Waals surface area contributed by atoms with Gasteiger partial charge in [-0.05, 0) is 96.1 Å². The van der Waals surface area contributed by atoms with Crippen molar-refractivity contribution in [2.75, 3.05) is 71.2 Å². The third-order valence-corrected chi connectivity index (χ3v) is 7.07. The summed E-state index contributed by atoms with van der Waals surface area (Å²) in [6.07, 6.45) is 0. The topological polar surface area (TPSA) is 117 Å². The molecule has 0 aliphatic heterocycles. The summed E-state index contributed by atoms with van der Waals surface area (Å²) < 4.78 is 33.2. The second-order valence-corrected chi connectivity index (χ2v) is 10.5. The van der Waals surface area contributed by atoms with Gasteiger partial charge in [-0.15, -0.1) is 0 Å². The number of hydrogen-bond acceptors (Lipinski definition) is 10. The van der Waals surface area contributed by atoms with Crippen LogP contribution in [0.5, 0.6) is 17.2 Å². The minimum atomic E-state index is -4.31. The van der Waals surface area contributed by atoms with Crippen molar-refractivity contribution < 1.29 is 18.1 Å². The molecule has 0 amide bonds. The van der Waals surface area contributed by atoms with Crippen molar-refractivity contribution in [1.29, 1.82) is 0 Å². The van der Waals surface area contributed by atoms with Gasteiger partial charge in [0.2, 0.25) is 0 Å². The number of nitrogens with one attached hydrogen (secondary N) is 6. The number of anilines is 6. The quantitative estimate of drug-likeness (QED) is 0.0823. The first-order chi connectivity index (χ1) is 19.9. The molecule has 0 spiro atoms. The van der Waals surface area contributed by atoms with E-state index in [1.54, 1.807) is 18.2 Å². The lowest BCUT2D eigenvalue weighted by molar-refractivity contribution is 0.299. The smallest absolute Gasteiger partial charge is 0.385 e. The highest BCUT2D eigenvalue weighted by Crippen LogP contribution is 2.54. The average molecular weight is 585 g/mol. The molecule has 0 heterocycles. The Morgan fingerprint density at radius 2 is 0.732 bits per heavy atom. The molecule has 224 valence electrons. The molecule has 6 N–H and O–H groups in total. The maximum Gasteiger partial charge on any atom is 0.647 e. The molecule has 0 bridgehead atoms. The lowest BCUT2D eigenvalue weighted by atomic mass is 10.2. The Bertz CT molecular complexity index is 1150. The Morgan fingerprint density at radius 3 is 0.976 bits per heavy atom. The fourth-order valence-corrected chi connectivity index (χ4v) is 5.49. The van der Waals surface area contributed by atoms with E-state index in [-0.39, 0.29) is 0 Å². The normalized spacial score (nSPS) is 10.9. The second-order valence-electron chi connectivity index (χ2n) is 9.04. The highest BCUT2D eigenvalue weighted by molar-refractivity contribution is 7.49. The van der Waals surface area contributed by atoms with Crippen LogP contribution in [0.1, 0.15) is 41.5 Å². The highest BCUT2D eigenvalue weighted by atomic mass is 31.2. The largest absolute Gasteiger partial charge is 0.647 e. The van der Waals surface area contributed by atoms with Crippen molar-refractivity contribution in [1.82, 2.24) is 0 Å². The molecule has 3 aromatic rings. The van der Waals surface area contributed by atoms with E-state index in [0.29, 0.717) is 53.9 Å². The van der Waals surface area contributed by atoms with Gasteiger partial charge in [0.1, 0.15) is 0 Å². The summed E-state index contributed by atoms with van der Waals surface area (Å²) in [5.74, 6) is 1.04. The van der Waals surface area contributed by atoms with Crippen LogP contribution < -0.4 is 45.5 Å².